The summed E-state index contributed by atoms with van der Waals surface area (Å²) in [6.45, 7) is 1.87. The number of non-ortho nitro benzene ring substituents is 1. The van der Waals surface area contributed by atoms with Crippen LogP contribution in [0.25, 0.3) is 0 Å². The Labute approximate surface area is 141 Å². The van der Waals surface area contributed by atoms with Crippen molar-refractivity contribution in [2.24, 2.45) is 0 Å². The lowest BCUT2D eigenvalue weighted by Crippen LogP contribution is -2.43. The van der Waals surface area contributed by atoms with E-state index >= 15 is 0 Å². The molecular formula is C15H16N3O5S+. The van der Waals surface area contributed by atoms with Crippen LogP contribution in [0.5, 0.6) is 0 Å². The first-order valence-electron chi connectivity index (χ1n) is 7.11. The summed E-state index contributed by atoms with van der Waals surface area (Å²) in [7, 11) is 0. The molecular weight excluding hydrogens is 334 g/mol. The van der Waals surface area contributed by atoms with Gasteiger partial charge >= 0.3 is 11.1 Å². The van der Waals surface area contributed by atoms with Crippen LogP contribution in [-0.4, -0.2) is 23.3 Å². The van der Waals surface area contributed by atoms with Gasteiger partial charge in [0.15, 0.2) is 6.54 Å². The van der Waals surface area contributed by atoms with E-state index < -0.39 is 10.9 Å². The Balaban J connectivity index is 2.20. The molecule has 0 aliphatic carbocycles. The van der Waals surface area contributed by atoms with Gasteiger partial charge in [-0.25, -0.2) is 4.57 Å². The largest absolute Gasteiger partial charge is 0.466 e. The molecule has 2 rings (SSSR count). The lowest BCUT2D eigenvalue weighted by atomic mass is 10.1. The zero-order valence-electron chi connectivity index (χ0n) is 12.9. The zero-order chi connectivity index (χ0) is 17.7. The molecule has 24 heavy (non-hydrogen) atoms. The quantitative estimate of drug-likeness (QED) is 0.266. The molecule has 0 aliphatic heterocycles. The van der Waals surface area contributed by atoms with Crippen LogP contribution in [0.2, 0.25) is 0 Å². The second kappa shape index (κ2) is 7.64. The Hall–Kier alpha value is -2.81. The van der Waals surface area contributed by atoms with E-state index in [2.05, 4.69) is 0 Å². The number of anilines is 1. The summed E-state index contributed by atoms with van der Waals surface area (Å²) in [5.74, 6) is -0.745. The van der Waals surface area contributed by atoms with Crippen molar-refractivity contribution in [3.8, 4) is 0 Å². The summed E-state index contributed by atoms with van der Waals surface area (Å²) < 4.78 is 6.41. The van der Waals surface area contributed by atoms with Gasteiger partial charge in [0.25, 0.3) is 5.69 Å². The first-order valence-corrected chi connectivity index (χ1v) is 7.99. The van der Waals surface area contributed by atoms with E-state index in [0.29, 0.717) is 10.8 Å². The van der Waals surface area contributed by atoms with Gasteiger partial charge in [-0.2, -0.15) is 0 Å². The summed E-state index contributed by atoms with van der Waals surface area (Å²) in [6, 6.07) is 5.49. The zero-order valence-corrected chi connectivity index (χ0v) is 13.7. The highest BCUT2D eigenvalue weighted by atomic mass is 32.1. The van der Waals surface area contributed by atoms with E-state index in [1.165, 1.54) is 40.2 Å². The van der Waals surface area contributed by atoms with Crippen molar-refractivity contribution in [1.82, 2.24) is 0 Å². The van der Waals surface area contributed by atoms with Crippen LogP contribution in [0.15, 0.2) is 29.6 Å². The summed E-state index contributed by atoms with van der Waals surface area (Å²) in [6.07, 6.45) is 0.00373. The molecule has 126 valence electrons. The molecule has 0 radical (unpaired) electrons. The number of nitrogens with zero attached hydrogens (tertiary/aromatic N) is 2. The van der Waals surface area contributed by atoms with Crippen LogP contribution in [0.1, 0.15) is 23.0 Å². The topological polar surface area (TPSA) is 116 Å². The van der Waals surface area contributed by atoms with Crippen LogP contribution in [0.4, 0.5) is 10.8 Å². The first-order chi connectivity index (χ1) is 11.4. The number of Topliss-reactive ketones (excluding diaryl/α,β-unsaturated/α-hetero) is 1. The second-order valence-corrected chi connectivity index (χ2v) is 5.75. The average Bonchev–Trinajstić information content (AvgIpc) is 2.88. The molecule has 0 atom stereocenters. The fraction of sp³-hybridized carbons (Fsp3) is 0.267. The molecule has 0 spiro atoms. The number of hydrogen-bond donors (Lipinski definition) is 1. The van der Waals surface area contributed by atoms with E-state index in [9.17, 15) is 19.7 Å². The Morgan fingerprint density at radius 2 is 2.17 bits per heavy atom. The molecule has 0 bridgehead atoms. The van der Waals surface area contributed by atoms with E-state index in [1.54, 1.807) is 12.3 Å². The van der Waals surface area contributed by atoms with Crippen LogP contribution in [0, 0.1) is 10.1 Å². The van der Waals surface area contributed by atoms with Crippen molar-refractivity contribution < 1.29 is 23.8 Å². The summed E-state index contributed by atoms with van der Waals surface area (Å²) in [5.41, 5.74) is 6.48. The molecule has 0 aliphatic rings. The molecule has 2 aromatic rings. The maximum Gasteiger partial charge on any atom is 0.332 e. The third-order valence-electron chi connectivity index (χ3n) is 3.24. The molecule has 0 amide bonds. The predicted molar refractivity (Wildman–Crippen MR) is 86.7 cm³/mol. The molecule has 9 heteroatoms. The Morgan fingerprint density at radius 1 is 1.42 bits per heavy atom. The van der Waals surface area contributed by atoms with Crippen molar-refractivity contribution in [3.63, 3.8) is 0 Å². The van der Waals surface area contributed by atoms with Gasteiger partial charge in [-0.15, -0.1) is 0 Å². The molecule has 0 fully saturated rings. The van der Waals surface area contributed by atoms with E-state index in [0.717, 1.165) is 0 Å². The molecule has 8 nitrogen and oxygen atoms in total. The minimum absolute atomic E-state index is 0.00373. The van der Waals surface area contributed by atoms with Gasteiger partial charge in [0.05, 0.1) is 11.5 Å². The molecule has 1 aromatic heterocycles. The van der Waals surface area contributed by atoms with Gasteiger partial charge in [0.1, 0.15) is 12.1 Å². The van der Waals surface area contributed by atoms with Gasteiger partial charge in [-0.05, 0) is 6.92 Å². The van der Waals surface area contributed by atoms with E-state index in [-0.39, 0.29) is 36.6 Å². The van der Waals surface area contributed by atoms with Crippen LogP contribution in [-0.2, 0) is 22.5 Å². The van der Waals surface area contributed by atoms with Crippen LogP contribution >= 0.6 is 11.3 Å². The van der Waals surface area contributed by atoms with Gasteiger partial charge in [0.2, 0.25) is 5.78 Å². The lowest BCUT2D eigenvalue weighted by molar-refractivity contribution is -0.671. The SMILES string of the molecule is CCOC(=O)Cc1csc(N)[n+]1CC(=O)c1cccc([N+](=O)[O-])c1. The number of carbonyl (C=O) groups excluding carboxylic acids is 2. The number of ether oxygens (including phenoxy) is 1. The normalized spacial score (nSPS) is 10.4. The highest BCUT2D eigenvalue weighted by molar-refractivity contribution is 7.13. The molecule has 1 heterocycles. The number of rotatable bonds is 7. The predicted octanol–water partition coefficient (Wildman–Crippen LogP) is 1.51. The number of aromatic nitrogens is 1. The highest BCUT2D eigenvalue weighted by Crippen LogP contribution is 2.15. The first kappa shape index (κ1) is 17.5. The highest BCUT2D eigenvalue weighted by Gasteiger charge is 2.22. The molecule has 0 saturated carbocycles. The van der Waals surface area contributed by atoms with Gasteiger partial charge in [0, 0.05) is 23.1 Å². The summed E-state index contributed by atoms with van der Waals surface area (Å²) >= 11 is 1.21. The molecule has 0 saturated heterocycles. The van der Waals surface area contributed by atoms with Gasteiger partial charge < -0.3 is 4.74 Å². The number of carbonyl (C=O) groups is 2. The lowest BCUT2D eigenvalue weighted by Gasteiger charge is -2.04. The maximum atomic E-state index is 12.4. The second-order valence-electron chi connectivity index (χ2n) is 4.86. The number of ketones is 1. The number of nitrogens with two attached hydrogens (primary N) is 1. The van der Waals surface area contributed by atoms with Crippen molar-refractivity contribution >= 4 is 33.9 Å². The molecule has 2 N–H and O–H groups in total. The monoisotopic (exact) mass is 350 g/mol. The van der Waals surface area contributed by atoms with Crippen LogP contribution < -0.4 is 10.3 Å². The van der Waals surface area contributed by atoms with Gasteiger partial charge in [-0.1, -0.05) is 23.5 Å². The number of esters is 1. The van der Waals surface area contributed by atoms with Crippen molar-refractivity contribution in [1.29, 1.82) is 0 Å². The van der Waals surface area contributed by atoms with Gasteiger partial charge in [-0.3, -0.25) is 25.4 Å². The summed E-state index contributed by atoms with van der Waals surface area (Å²) in [4.78, 5) is 34.3. The number of benzene rings is 1. The van der Waals surface area contributed by atoms with E-state index in [1.807, 2.05) is 0 Å². The number of nitro benzene ring substituents is 1. The van der Waals surface area contributed by atoms with Crippen molar-refractivity contribution in [3.05, 3.63) is 51.0 Å². The number of nitro groups is 1. The van der Waals surface area contributed by atoms with Crippen molar-refractivity contribution in [2.45, 2.75) is 19.9 Å². The minimum atomic E-state index is -0.560. The van der Waals surface area contributed by atoms with Crippen LogP contribution in [0.3, 0.4) is 0 Å². The number of hydrogen-bond acceptors (Lipinski definition) is 7. The Kier molecular flexibility index (Phi) is 5.59. The number of nitrogen functional groups attached to an aromatic ring is 1. The summed E-state index contributed by atoms with van der Waals surface area (Å²) in [5, 5.41) is 12.9. The molecule has 0 unspecified atom stereocenters. The third kappa shape index (κ3) is 4.13. The third-order valence-corrected chi connectivity index (χ3v) is 4.09. The fourth-order valence-electron chi connectivity index (χ4n) is 2.10. The molecule has 1 aromatic carbocycles. The Bertz CT molecular complexity index is 787. The standard InChI is InChI=1S/C15H15N3O5S/c1-2-23-14(20)7-12-9-24-15(16)17(12)8-13(19)10-4-3-5-11(6-10)18(21)22/h3-6,9,16H,2,7-8H2,1H3/p+1. The minimum Gasteiger partial charge on any atom is -0.466 e. The van der Waals surface area contributed by atoms with E-state index in [4.69, 9.17) is 10.5 Å². The van der Waals surface area contributed by atoms with Crippen molar-refractivity contribution in [2.75, 3.05) is 12.3 Å². The number of thiazole rings is 1. The maximum absolute atomic E-state index is 12.4. The Morgan fingerprint density at radius 3 is 2.83 bits per heavy atom. The average molecular weight is 350 g/mol. The smallest absolute Gasteiger partial charge is 0.332 e. The fourth-order valence-corrected chi connectivity index (χ4v) is 2.88.